The van der Waals surface area contributed by atoms with Crippen molar-refractivity contribution in [3.8, 4) is 0 Å². The number of aliphatic hydroxyl groups excluding tert-OH is 14. The first-order chi connectivity index (χ1) is 21.2. The van der Waals surface area contributed by atoms with Crippen molar-refractivity contribution < 1.29 is 105 Å². The van der Waals surface area contributed by atoms with Crippen LogP contribution in [0.2, 0.25) is 0 Å². The molecule has 0 bridgehead atoms. The van der Waals surface area contributed by atoms with Crippen molar-refractivity contribution in [1.82, 2.24) is 0 Å². The van der Waals surface area contributed by atoms with Crippen LogP contribution in [0.25, 0.3) is 0 Å². The molecule has 14 N–H and O–H groups in total. The SMILES string of the molecule is OC[C@H]1O[C@H](OC[C@H]2O[C@H](OC[C@H]3O[C@H](O[C@H]4O[C@H](CO)[C@@H](O)[C@H](O)[C@H]4O)[C@H](O)[C@@H](O)[C@@H]3O)[C@H](O)[C@@H](O)[C@H]2O)[C@H](O)[C@@H](O)[C@H]1O. The topological polar surface area (TPSA) is 348 Å². The van der Waals surface area contributed by atoms with Crippen LogP contribution in [0.4, 0.5) is 0 Å². The van der Waals surface area contributed by atoms with Crippen LogP contribution in [-0.2, 0) is 33.2 Å². The van der Waals surface area contributed by atoms with Gasteiger partial charge in [0.1, 0.15) is 97.7 Å². The fourth-order valence-corrected chi connectivity index (χ4v) is 5.26. The van der Waals surface area contributed by atoms with E-state index in [-0.39, 0.29) is 0 Å². The lowest BCUT2D eigenvalue weighted by atomic mass is 9.97. The Morgan fingerprint density at radius 1 is 0.333 bits per heavy atom. The quantitative estimate of drug-likeness (QED) is 0.103. The van der Waals surface area contributed by atoms with E-state index in [9.17, 15) is 71.5 Å². The van der Waals surface area contributed by atoms with E-state index in [1.54, 1.807) is 0 Å². The van der Waals surface area contributed by atoms with Gasteiger partial charge < -0.3 is 105 Å². The monoisotopic (exact) mass is 666 g/mol. The maximum absolute atomic E-state index is 10.5. The fraction of sp³-hybridized carbons (Fsp3) is 1.00. The summed E-state index contributed by atoms with van der Waals surface area (Å²) in [7, 11) is 0. The second-order valence-electron chi connectivity index (χ2n) is 11.2. The molecule has 0 saturated carbocycles. The number of rotatable bonds is 10. The molecule has 0 aliphatic carbocycles. The predicted octanol–water partition coefficient (Wildman–Crippen LogP) is -9.75. The third kappa shape index (κ3) is 7.75. The van der Waals surface area contributed by atoms with Gasteiger partial charge in [-0.15, -0.1) is 0 Å². The van der Waals surface area contributed by atoms with Gasteiger partial charge in [0, 0.05) is 0 Å². The summed E-state index contributed by atoms with van der Waals surface area (Å²) in [5.41, 5.74) is 0. The third-order valence-corrected chi connectivity index (χ3v) is 8.15. The van der Waals surface area contributed by atoms with Gasteiger partial charge >= 0.3 is 0 Å². The second kappa shape index (κ2) is 15.6. The Morgan fingerprint density at radius 2 is 0.600 bits per heavy atom. The lowest BCUT2D eigenvalue weighted by Crippen LogP contribution is -2.64. The maximum Gasteiger partial charge on any atom is 0.189 e. The minimum Gasteiger partial charge on any atom is -0.394 e. The molecule has 4 aliphatic rings. The van der Waals surface area contributed by atoms with Crippen molar-refractivity contribution in [2.45, 2.75) is 123 Å². The summed E-state index contributed by atoms with van der Waals surface area (Å²) in [6, 6.07) is 0. The van der Waals surface area contributed by atoms with Gasteiger partial charge in [0.25, 0.3) is 0 Å². The van der Waals surface area contributed by atoms with Crippen LogP contribution < -0.4 is 0 Å². The van der Waals surface area contributed by atoms with E-state index in [2.05, 4.69) is 0 Å². The van der Waals surface area contributed by atoms with Crippen molar-refractivity contribution in [3.05, 3.63) is 0 Å². The van der Waals surface area contributed by atoms with Crippen molar-refractivity contribution in [1.29, 1.82) is 0 Å². The summed E-state index contributed by atoms with van der Waals surface area (Å²) in [5.74, 6) is 0. The van der Waals surface area contributed by atoms with Gasteiger partial charge in [-0.05, 0) is 0 Å². The Balaban J connectivity index is 1.36. The number of ether oxygens (including phenoxy) is 7. The zero-order chi connectivity index (χ0) is 33.3. The molecule has 0 aromatic heterocycles. The lowest BCUT2D eigenvalue weighted by molar-refractivity contribution is -0.381. The molecule has 0 spiro atoms. The number of hydrogen-bond donors (Lipinski definition) is 14. The summed E-state index contributed by atoms with van der Waals surface area (Å²) >= 11 is 0. The van der Waals surface area contributed by atoms with E-state index in [0.29, 0.717) is 0 Å². The van der Waals surface area contributed by atoms with E-state index < -0.39 is 149 Å². The molecule has 0 amide bonds. The van der Waals surface area contributed by atoms with Crippen LogP contribution in [0.5, 0.6) is 0 Å². The zero-order valence-electron chi connectivity index (χ0n) is 23.5. The summed E-state index contributed by atoms with van der Waals surface area (Å²) < 4.78 is 37.5. The van der Waals surface area contributed by atoms with E-state index >= 15 is 0 Å². The van der Waals surface area contributed by atoms with Crippen LogP contribution >= 0.6 is 0 Å². The van der Waals surface area contributed by atoms with Gasteiger partial charge in [0.2, 0.25) is 0 Å². The first-order valence-electron chi connectivity index (χ1n) is 14.1. The van der Waals surface area contributed by atoms with Crippen LogP contribution in [-0.4, -0.2) is 221 Å². The number of aliphatic hydroxyl groups is 14. The van der Waals surface area contributed by atoms with Gasteiger partial charge in [-0.3, -0.25) is 0 Å². The molecule has 20 atom stereocenters. The van der Waals surface area contributed by atoms with Crippen LogP contribution in [0.1, 0.15) is 0 Å². The minimum atomic E-state index is -1.94. The fourth-order valence-electron chi connectivity index (χ4n) is 5.26. The second-order valence-corrected chi connectivity index (χ2v) is 11.2. The van der Waals surface area contributed by atoms with Crippen LogP contribution in [0.15, 0.2) is 0 Å². The standard InChI is InChI=1S/C24H42O21/c25-1-5-9(27)13(31)17(35)21(41-5)39-3-7-11(29)15(33)18(36)22(43-7)40-4-8-12(30)16(34)20(38)24(44-8)45-23-19(37)14(32)10(28)6(2-26)42-23/h5-38H,1-4H2/t5-,6-,7-,8-,9+,10-,11+,12-,13+,14+,15+,16+,17-,18-,19-,20-,21+,22+,23-,24-/m1/s1. The van der Waals surface area contributed by atoms with Gasteiger partial charge in [-0.25, -0.2) is 0 Å². The average molecular weight is 667 g/mol. The first kappa shape index (κ1) is 37.0. The lowest BCUT2D eigenvalue weighted by Gasteiger charge is -2.45. The summed E-state index contributed by atoms with van der Waals surface area (Å²) in [6.45, 7) is -2.88. The molecule has 4 fully saturated rings. The van der Waals surface area contributed by atoms with E-state index in [0.717, 1.165) is 0 Å². The molecule has 4 rings (SSSR count). The van der Waals surface area contributed by atoms with Crippen LogP contribution in [0.3, 0.4) is 0 Å². The Labute approximate surface area is 254 Å². The summed E-state index contributed by atoms with van der Waals surface area (Å²) in [4.78, 5) is 0. The highest BCUT2D eigenvalue weighted by Crippen LogP contribution is 2.30. The third-order valence-electron chi connectivity index (χ3n) is 8.15. The molecular weight excluding hydrogens is 624 g/mol. The smallest absolute Gasteiger partial charge is 0.189 e. The molecule has 264 valence electrons. The highest BCUT2D eigenvalue weighted by Gasteiger charge is 2.51. The molecule has 4 saturated heterocycles. The molecular formula is C24H42O21. The molecule has 21 heteroatoms. The molecule has 0 aromatic rings. The molecule has 4 heterocycles. The van der Waals surface area contributed by atoms with Crippen molar-refractivity contribution >= 4 is 0 Å². The summed E-state index contributed by atoms with van der Waals surface area (Å²) in [5, 5.41) is 141. The highest BCUT2D eigenvalue weighted by molar-refractivity contribution is 4.94. The Bertz CT molecular complexity index is 914. The van der Waals surface area contributed by atoms with Crippen molar-refractivity contribution in [3.63, 3.8) is 0 Å². The average Bonchev–Trinajstić information content (AvgIpc) is 3.03. The van der Waals surface area contributed by atoms with Crippen molar-refractivity contribution in [2.24, 2.45) is 0 Å². The Kier molecular flexibility index (Phi) is 12.8. The van der Waals surface area contributed by atoms with E-state index in [1.165, 1.54) is 0 Å². The summed E-state index contributed by atoms with van der Waals surface area (Å²) in [6.07, 6.45) is -34.6. The number of hydrogen-bond acceptors (Lipinski definition) is 21. The van der Waals surface area contributed by atoms with Gasteiger partial charge in [-0.1, -0.05) is 0 Å². The largest absolute Gasteiger partial charge is 0.394 e. The normalized spacial score (nSPS) is 52.9. The molecule has 0 radical (unpaired) electrons. The van der Waals surface area contributed by atoms with Crippen molar-refractivity contribution in [2.75, 3.05) is 26.4 Å². The maximum atomic E-state index is 10.5. The molecule has 21 nitrogen and oxygen atoms in total. The molecule has 45 heavy (non-hydrogen) atoms. The van der Waals surface area contributed by atoms with Crippen LogP contribution in [0, 0.1) is 0 Å². The minimum absolute atomic E-state index is 0.643. The highest BCUT2D eigenvalue weighted by atomic mass is 16.8. The first-order valence-corrected chi connectivity index (χ1v) is 14.1. The van der Waals surface area contributed by atoms with E-state index in [1.807, 2.05) is 0 Å². The molecule has 4 aliphatic heterocycles. The zero-order valence-corrected chi connectivity index (χ0v) is 23.5. The Hall–Kier alpha value is -0.840. The van der Waals surface area contributed by atoms with E-state index in [4.69, 9.17) is 33.2 Å². The van der Waals surface area contributed by atoms with Gasteiger partial charge in [0.15, 0.2) is 25.2 Å². The molecule has 0 unspecified atom stereocenters. The Morgan fingerprint density at radius 3 is 0.956 bits per heavy atom. The molecule has 0 aromatic carbocycles. The predicted molar refractivity (Wildman–Crippen MR) is 134 cm³/mol. The van der Waals surface area contributed by atoms with Gasteiger partial charge in [-0.2, -0.15) is 0 Å². The van der Waals surface area contributed by atoms with Gasteiger partial charge in [0.05, 0.1) is 26.4 Å².